The van der Waals surface area contributed by atoms with Crippen LogP contribution in [0, 0.1) is 17.0 Å². The van der Waals surface area contributed by atoms with Gasteiger partial charge < -0.3 is 5.32 Å². The predicted molar refractivity (Wildman–Crippen MR) is 111 cm³/mol. The maximum Gasteiger partial charge on any atom is 0.283 e. The number of benzene rings is 3. The van der Waals surface area contributed by atoms with E-state index in [9.17, 15) is 14.9 Å². The van der Waals surface area contributed by atoms with Crippen molar-refractivity contribution in [2.24, 2.45) is 0 Å². The van der Waals surface area contributed by atoms with Crippen LogP contribution < -0.4 is 5.32 Å². The average Bonchev–Trinajstić information content (AvgIpc) is 3.00. The van der Waals surface area contributed by atoms with Crippen LogP contribution >= 0.6 is 11.8 Å². The van der Waals surface area contributed by atoms with Gasteiger partial charge in [-0.15, -0.1) is 0 Å². The van der Waals surface area contributed by atoms with Crippen LogP contribution in [0.3, 0.4) is 0 Å². The van der Waals surface area contributed by atoms with Crippen molar-refractivity contribution in [2.45, 2.75) is 16.7 Å². The van der Waals surface area contributed by atoms with Gasteiger partial charge in [-0.3, -0.25) is 14.9 Å². The van der Waals surface area contributed by atoms with Gasteiger partial charge in [-0.1, -0.05) is 53.7 Å². The van der Waals surface area contributed by atoms with Gasteiger partial charge in [0.15, 0.2) is 0 Å². The highest BCUT2D eigenvalue weighted by molar-refractivity contribution is 7.99. The standard InChI is InChI=1S/C22H16N2O3S/c1-14-6-9-16(10-7-14)28-21-11-8-15(13-20(21)24(26)27)12-18-17-4-2-3-5-19(17)23-22(18)25/h2-13H,1H3,(H,23,25). The molecule has 1 N–H and O–H groups in total. The summed E-state index contributed by atoms with van der Waals surface area (Å²) in [6.45, 7) is 2.00. The first-order valence-corrected chi connectivity index (χ1v) is 9.48. The molecule has 0 aliphatic carbocycles. The van der Waals surface area contributed by atoms with Crippen molar-refractivity contribution in [3.63, 3.8) is 0 Å². The molecule has 0 saturated carbocycles. The highest BCUT2D eigenvalue weighted by Gasteiger charge is 2.24. The third-order valence-corrected chi connectivity index (χ3v) is 5.52. The molecule has 4 rings (SSSR count). The molecule has 28 heavy (non-hydrogen) atoms. The summed E-state index contributed by atoms with van der Waals surface area (Å²) in [5.41, 5.74) is 3.82. The third kappa shape index (κ3) is 3.54. The number of para-hydroxylation sites is 1. The smallest absolute Gasteiger partial charge is 0.283 e. The Kier molecular flexibility index (Phi) is 4.71. The second-order valence-corrected chi connectivity index (χ2v) is 7.57. The van der Waals surface area contributed by atoms with E-state index in [1.807, 2.05) is 55.5 Å². The van der Waals surface area contributed by atoms with E-state index in [2.05, 4.69) is 5.32 Å². The largest absolute Gasteiger partial charge is 0.321 e. The number of rotatable bonds is 4. The minimum Gasteiger partial charge on any atom is -0.321 e. The van der Waals surface area contributed by atoms with Gasteiger partial charge >= 0.3 is 0 Å². The molecule has 0 saturated heterocycles. The highest BCUT2D eigenvalue weighted by atomic mass is 32.2. The summed E-state index contributed by atoms with van der Waals surface area (Å²) < 4.78 is 0. The van der Waals surface area contributed by atoms with Gasteiger partial charge in [0.1, 0.15) is 0 Å². The van der Waals surface area contributed by atoms with E-state index in [0.717, 1.165) is 21.7 Å². The second-order valence-electron chi connectivity index (χ2n) is 6.46. The molecule has 1 amide bonds. The molecule has 3 aromatic rings. The van der Waals surface area contributed by atoms with Crippen molar-refractivity contribution in [1.29, 1.82) is 0 Å². The topological polar surface area (TPSA) is 72.2 Å². The van der Waals surface area contributed by atoms with Crippen LogP contribution in [0.1, 0.15) is 16.7 Å². The molecular formula is C22H16N2O3S. The van der Waals surface area contributed by atoms with Crippen LogP contribution in [0.15, 0.2) is 76.5 Å². The number of anilines is 1. The normalized spacial score (nSPS) is 14.0. The van der Waals surface area contributed by atoms with Crippen LogP contribution in [0.4, 0.5) is 11.4 Å². The van der Waals surface area contributed by atoms with E-state index in [4.69, 9.17) is 0 Å². The molecule has 0 unspecified atom stereocenters. The van der Waals surface area contributed by atoms with E-state index in [0.29, 0.717) is 16.0 Å². The summed E-state index contributed by atoms with van der Waals surface area (Å²) in [7, 11) is 0. The average molecular weight is 388 g/mol. The Morgan fingerprint density at radius 3 is 2.54 bits per heavy atom. The number of carbonyl (C=O) groups excluding carboxylic acids is 1. The number of fused-ring (bicyclic) bond motifs is 1. The van der Waals surface area contributed by atoms with Gasteiger partial charge in [0.2, 0.25) is 0 Å². The maximum absolute atomic E-state index is 12.3. The summed E-state index contributed by atoms with van der Waals surface area (Å²) in [4.78, 5) is 25.0. The maximum atomic E-state index is 12.3. The summed E-state index contributed by atoms with van der Waals surface area (Å²) in [6, 6.07) is 20.3. The molecular weight excluding hydrogens is 372 g/mol. The fourth-order valence-electron chi connectivity index (χ4n) is 3.04. The monoisotopic (exact) mass is 388 g/mol. The van der Waals surface area contributed by atoms with E-state index in [1.54, 1.807) is 18.2 Å². The minimum absolute atomic E-state index is 0.0200. The van der Waals surface area contributed by atoms with Crippen LogP contribution in [0.25, 0.3) is 11.6 Å². The van der Waals surface area contributed by atoms with Crippen molar-refractivity contribution in [3.8, 4) is 0 Å². The molecule has 0 bridgehead atoms. The lowest BCUT2D eigenvalue weighted by atomic mass is 10.0. The Bertz CT molecular complexity index is 1120. The molecule has 0 fully saturated rings. The predicted octanol–water partition coefficient (Wildman–Crippen LogP) is 5.55. The zero-order valence-electron chi connectivity index (χ0n) is 15.0. The quantitative estimate of drug-likeness (QED) is 0.361. The number of hydrogen-bond acceptors (Lipinski definition) is 4. The zero-order chi connectivity index (χ0) is 19.7. The van der Waals surface area contributed by atoms with Crippen LogP contribution in [0.2, 0.25) is 0 Å². The number of amides is 1. The molecule has 0 atom stereocenters. The Balaban J connectivity index is 1.70. The third-order valence-electron chi connectivity index (χ3n) is 4.45. The Morgan fingerprint density at radius 1 is 1.04 bits per heavy atom. The molecule has 1 aliphatic rings. The van der Waals surface area contributed by atoms with Gasteiger partial charge in [0.05, 0.1) is 9.82 Å². The molecule has 0 radical (unpaired) electrons. The van der Waals surface area contributed by atoms with E-state index < -0.39 is 0 Å². The lowest BCUT2D eigenvalue weighted by Gasteiger charge is -2.05. The molecule has 0 spiro atoms. The fraction of sp³-hybridized carbons (Fsp3) is 0.0455. The van der Waals surface area contributed by atoms with Crippen molar-refractivity contribution in [3.05, 3.63) is 93.5 Å². The summed E-state index contributed by atoms with van der Waals surface area (Å²) >= 11 is 1.35. The van der Waals surface area contributed by atoms with Gasteiger partial charge in [-0.2, -0.15) is 0 Å². The van der Waals surface area contributed by atoms with Crippen molar-refractivity contribution in [2.75, 3.05) is 5.32 Å². The first-order chi connectivity index (χ1) is 13.5. The van der Waals surface area contributed by atoms with Gasteiger partial charge in [-0.25, -0.2) is 0 Å². The highest BCUT2D eigenvalue weighted by Crippen LogP contribution is 2.37. The SMILES string of the molecule is Cc1ccc(Sc2ccc(C=C3C(=O)Nc4ccccc43)cc2[N+](=O)[O-])cc1. The molecule has 3 aromatic carbocycles. The number of carbonyl (C=O) groups is 1. The Morgan fingerprint density at radius 2 is 1.79 bits per heavy atom. The molecule has 138 valence electrons. The van der Waals surface area contributed by atoms with Crippen LogP contribution in [-0.2, 0) is 4.79 Å². The number of hydrogen-bond donors (Lipinski definition) is 1. The fourth-order valence-corrected chi connectivity index (χ4v) is 3.94. The summed E-state index contributed by atoms with van der Waals surface area (Å²) in [5, 5.41) is 14.4. The molecule has 6 heteroatoms. The second kappa shape index (κ2) is 7.32. The van der Waals surface area contributed by atoms with Crippen LogP contribution in [0.5, 0.6) is 0 Å². The lowest BCUT2D eigenvalue weighted by Crippen LogP contribution is -2.03. The number of nitrogens with zero attached hydrogens (tertiary/aromatic N) is 1. The zero-order valence-corrected chi connectivity index (χ0v) is 15.8. The van der Waals surface area contributed by atoms with E-state index >= 15 is 0 Å². The number of nitro benzene ring substituents is 1. The van der Waals surface area contributed by atoms with Crippen molar-refractivity contribution < 1.29 is 9.72 Å². The molecule has 5 nitrogen and oxygen atoms in total. The van der Waals surface area contributed by atoms with Crippen LogP contribution in [-0.4, -0.2) is 10.8 Å². The minimum atomic E-state index is -0.388. The summed E-state index contributed by atoms with van der Waals surface area (Å²) in [6.07, 6.45) is 1.69. The molecule has 1 heterocycles. The Labute approximate surface area is 166 Å². The van der Waals surface area contributed by atoms with Crippen molar-refractivity contribution >= 4 is 40.7 Å². The van der Waals surface area contributed by atoms with Gasteiger partial charge in [-0.05, 0) is 42.8 Å². The first-order valence-electron chi connectivity index (χ1n) is 8.67. The first kappa shape index (κ1) is 18.0. The summed E-state index contributed by atoms with van der Waals surface area (Å²) in [5.74, 6) is -0.207. The van der Waals surface area contributed by atoms with Crippen molar-refractivity contribution in [1.82, 2.24) is 0 Å². The lowest BCUT2D eigenvalue weighted by molar-refractivity contribution is -0.387. The van der Waals surface area contributed by atoms with Gasteiger partial charge in [0, 0.05) is 27.8 Å². The molecule has 0 aromatic heterocycles. The van der Waals surface area contributed by atoms with Gasteiger partial charge in [0.25, 0.3) is 11.6 Å². The van der Waals surface area contributed by atoms with E-state index in [-0.39, 0.29) is 16.5 Å². The number of nitro groups is 1. The number of aryl methyl sites for hydroxylation is 1. The molecule has 1 aliphatic heterocycles. The van der Waals surface area contributed by atoms with E-state index in [1.165, 1.54) is 17.8 Å². The Hall–Kier alpha value is -3.38. The number of nitrogens with one attached hydrogen (secondary N) is 1.